The van der Waals surface area contributed by atoms with Crippen LogP contribution in [0, 0.1) is 0 Å². The highest BCUT2D eigenvalue weighted by atomic mass is 16.3. The minimum atomic E-state index is 0.843. The van der Waals surface area contributed by atoms with E-state index >= 15 is 0 Å². The SMILES string of the molecule is C(=C\c1ccco1)/CNCCn1ccnc1. The molecule has 84 valence electrons. The van der Waals surface area contributed by atoms with Gasteiger partial charge in [0.05, 0.1) is 12.6 Å². The first-order valence-electron chi connectivity index (χ1n) is 5.31. The van der Waals surface area contributed by atoms with Gasteiger partial charge in [0, 0.05) is 32.0 Å². The largest absolute Gasteiger partial charge is 0.465 e. The van der Waals surface area contributed by atoms with Crippen molar-refractivity contribution >= 4 is 6.08 Å². The second kappa shape index (κ2) is 5.92. The lowest BCUT2D eigenvalue weighted by Crippen LogP contribution is -2.19. The van der Waals surface area contributed by atoms with Gasteiger partial charge in [0.25, 0.3) is 0 Å². The smallest absolute Gasteiger partial charge is 0.126 e. The van der Waals surface area contributed by atoms with Crippen LogP contribution in [0.1, 0.15) is 5.76 Å². The molecule has 2 aromatic heterocycles. The van der Waals surface area contributed by atoms with Gasteiger partial charge >= 0.3 is 0 Å². The third kappa shape index (κ3) is 3.40. The lowest BCUT2D eigenvalue weighted by Gasteiger charge is -2.01. The van der Waals surface area contributed by atoms with Gasteiger partial charge in [0.1, 0.15) is 5.76 Å². The van der Waals surface area contributed by atoms with E-state index in [-0.39, 0.29) is 0 Å². The van der Waals surface area contributed by atoms with E-state index in [9.17, 15) is 0 Å². The zero-order chi connectivity index (χ0) is 11.1. The van der Waals surface area contributed by atoms with Crippen molar-refractivity contribution in [3.8, 4) is 0 Å². The molecule has 0 aliphatic carbocycles. The van der Waals surface area contributed by atoms with E-state index in [1.807, 2.05) is 41.4 Å². The number of hydrogen-bond donors (Lipinski definition) is 1. The van der Waals surface area contributed by atoms with Crippen molar-refractivity contribution in [1.29, 1.82) is 0 Å². The summed E-state index contributed by atoms with van der Waals surface area (Å²) in [6.07, 6.45) is 11.3. The maximum atomic E-state index is 5.17. The van der Waals surface area contributed by atoms with Crippen molar-refractivity contribution in [2.45, 2.75) is 6.54 Å². The maximum Gasteiger partial charge on any atom is 0.126 e. The number of nitrogens with one attached hydrogen (secondary N) is 1. The Kier molecular flexibility index (Phi) is 3.96. The van der Waals surface area contributed by atoms with Crippen molar-refractivity contribution in [3.63, 3.8) is 0 Å². The van der Waals surface area contributed by atoms with Crippen molar-refractivity contribution in [2.75, 3.05) is 13.1 Å². The van der Waals surface area contributed by atoms with Crippen LogP contribution in [-0.2, 0) is 6.54 Å². The molecule has 0 atom stereocenters. The minimum absolute atomic E-state index is 0.843. The molecule has 0 amide bonds. The molecular weight excluding hydrogens is 202 g/mol. The van der Waals surface area contributed by atoms with Gasteiger partial charge in [-0.05, 0) is 18.2 Å². The Morgan fingerprint density at radius 2 is 2.50 bits per heavy atom. The fourth-order valence-electron chi connectivity index (χ4n) is 1.37. The van der Waals surface area contributed by atoms with Crippen LogP contribution < -0.4 is 5.32 Å². The summed E-state index contributed by atoms with van der Waals surface area (Å²) in [7, 11) is 0. The highest BCUT2D eigenvalue weighted by Crippen LogP contribution is 2.01. The second-order valence-electron chi connectivity index (χ2n) is 3.42. The first kappa shape index (κ1) is 10.7. The van der Waals surface area contributed by atoms with Crippen molar-refractivity contribution in [3.05, 3.63) is 49.0 Å². The number of nitrogens with zero attached hydrogens (tertiary/aromatic N) is 2. The van der Waals surface area contributed by atoms with Crippen LogP contribution in [0.25, 0.3) is 6.08 Å². The lowest BCUT2D eigenvalue weighted by molar-refractivity contribution is 0.556. The topological polar surface area (TPSA) is 43.0 Å². The van der Waals surface area contributed by atoms with E-state index in [2.05, 4.69) is 10.3 Å². The molecule has 0 radical (unpaired) electrons. The van der Waals surface area contributed by atoms with Crippen LogP contribution in [0.5, 0.6) is 0 Å². The predicted octanol–water partition coefficient (Wildman–Crippen LogP) is 1.78. The molecule has 0 bridgehead atoms. The molecule has 0 fully saturated rings. The van der Waals surface area contributed by atoms with Gasteiger partial charge in [0.2, 0.25) is 0 Å². The van der Waals surface area contributed by atoms with E-state index in [0.717, 1.165) is 25.4 Å². The number of aromatic nitrogens is 2. The Balaban J connectivity index is 1.59. The van der Waals surface area contributed by atoms with Crippen molar-refractivity contribution in [1.82, 2.24) is 14.9 Å². The Labute approximate surface area is 94.6 Å². The van der Waals surface area contributed by atoms with Crippen molar-refractivity contribution in [2.24, 2.45) is 0 Å². The summed E-state index contributed by atoms with van der Waals surface area (Å²) in [5.74, 6) is 0.886. The average molecular weight is 217 g/mol. The van der Waals surface area contributed by atoms with Gasteiger partial charge in [-0.15, -0.1) is 0 Å². The molecule has 0 spiro atoms. The van der Waals surface area contributed by atoms with Crippen LogP contribution in [0.2, 0.25) is 0 Å². The van der Waals surface area contributed by atoms with Crippen LogP contribution in [0.3, 0.4) is 0 Å². The Bertz CT molecular complexity index is 403. The monoisotopic (exact) mass is 217 g/mol. The molecule has 4 nitrogen and oxygen atoms in total. The molecular formula is C12H15N3O. The highest BCUT2D eigenvalue weighted by molar-refractivity contribution is 5.42. The summed E-state index contributed by atoms with van der Waals surface area (Å²) in [5.41, 5.74) is 0. The maximum absolute atomic E-state index is 5.17. The summed E-state index contributed by atoms with van der Waals surface area (Å²) in [6.45, 7) is 2.71. The van der Waals surface area contributed by atoms with Gasteiger partial charge in [-0.1, -0.05) is 6.08 Å². The summed E-state index contributed by atoms with van der Waals surface area (Å²) in [4.78, 5) is 3.98. The molecule has 0 unspecified atom stereocenters. The summed E-state index contributed by atoms with van der Waals surface area (Å²) < 4.78 is 7.22. The molecule has 16 heavy (non-hydrogen) atoms. The fourth-order valence-corrected chi connectivity index (χ4v) is 1.37. The number of hydrogen-bond acceptors (Lipinski definition) is 3. The zero-order valence-corrected chi connectivity index (χ0v) is 9.04. The lowest BCUT2D eigenvalue weighted by atomic mass is 10.4. The van der Waals surface area contributed by atoms with Gasteiger partial charge < -0.3 is 14.3 Å². The Morgan fingerprint density at radius 3 is 3.25 bits per heavy atom. The third-order valence-corrected chi connectivity index (χ3v) is 2.19. The summed E-state index contributed by atoms with van der Waals surface area (Å²) in [5, 5.41) is 3.31. The van der Waals surface area contributed by atoms with E-state index in [4.69, 9.17) is 4.42 Å². The zero-order valence-electron chi connectivity index (χ0n) is 9.04. The summed E-state index contributed by atoms with van der Waals surface area (Å²) >= 11 is 0. The summed E-state index contributed by atoms with van der Waals surface area (Å²) in [6, 6.07) is 3.81. The standard InChI is InChI=1S/C12H15N3O/c1(3-12-4-2-10-16-12)5-13-6-8-15-9-7-14-11-15/h1-4,7,9-11,13H,5-6,8H2/b3-1+. The molecule has 0 saturated carbocycles. The van der Waals surface area contributed by atoms with Crippen LogP contribution in [-0.4, -0.2) is 22.6 Å². The quantitative estimate of drug-likeness (QED) is 0.750. The van der Waals surface area contributed by atoms with E-state index in [0.29, 0.717) is 0 Å². The van der Waals surface area contributed by atoms with Crippen LogP contribution in [0.4, 0.5) is 0 Å². The van der Waals surface area contributed by atoms with Gasteiger partial charge in [-0.25, -0.2) is 4.98 Å². The third-order valence-electron chi connectivity index (χ3n) is 2.19. The van der Waals surface area contributed by atoms with E-state index < -0.39 is 0 Å². The second-order valence-corrected chi connectivity index (χ2v) is 3.42. The minimum Gasteiger partial charge on any atom is -0.465 e. The van der Waals surface area contributed by atoms with Crippen molar-refractivity contribution < 1.29 is 4.42 Å². The average Bonchev–Trinajstić information content (AvgIpc) is 2.96. The molecule has 0 aliphatic heterocycles. The Hall–Kier alpha value is -1.81. The molecule has 0 aliphatic rings. The van der Waals surface area contributed by atoms with Gasteiger partial charge in [0.15, 0.2) is 0 Å². The first-order valence-corrected chi connectivity index (χ1v) is 5.31. The van der Waals surface area contributed by atoms with E-state index in [1.54, 1.807) is 12.5 Å². The molecule has 0 aromatic carbocycles. The van der Waals surface area contributed by atoms with Gasteiger partial charge in [-0.3, -0.25) is 0 Å². The highest BCUT2D eigenvalue weighted by Gasteiger charge is 1.89. The molecule has 2 rings (SSSR count). The fraction of sp³-hybridized carbons (Fsp3) is 0.250. The molecule has 2 aromatic rings. The Morgan fingerprint density at radius 1 is 1.50 bits per heavy atom. The van der Waals surface area contributed by atoms with Gasteiger partial charge in [-0.2, -0.15) is 0 Å². The molecule has 0 saturated heterocycles. The number of rotatable bonds is 6. The van der Waals surface area contributed by atoms with Crippen LogP contribution >= 0.6 is 0 Å². The first-order chi connectivity index (χ1) is 7.95. The molecule has 4 heteroatoms. The van der Waals surface area contributed by atoms with E-state index in [1.165, 1.54) is 0 Å². The molecule has 1 N–H and O–H groups in total. The number of furan rings is 1. The number of imidazole rings is 1. The van der Waals surface area contributed by atoms with Crippen LogP contribution in [0.15, 0.2) is 47.6 Å². The predicted molar refractivity (Wildman–Crippen MR) is 62.8 cm³/mol. The normalized spacial score (nSPS) is 11.2. The molecule has 2 heterocycles.